The van der Waals surface area contributed by atoms with Crippen LogP contribution in [0.15, 0.2) is 47.9 Å². The standard InChI is InChI=1S/C21H23FN4O3/c1-21(2,3)26-12-17(23)16(20(26)29)10-24-9-13(8-22)11-25-18(27)14-6-4-5-7-15(14)19(25)28/h4-8,10,23-24H,9,11-12H2,1-3H3/b13-8-,16-10+,23-17?. The van der Waals surface area contributed by atoms with E-state index >= 15 is 0 Å². The molecule has 2 aliphatic rings. The number of halogens is 1. The second kappa shape index (κ2) is 7.62. The Bertz CT molecular complexity index is 924. The summed E-state index contributed by atoms with van der Waals surface area (Å²) >= 11 is 0. The van der Waals surface area contributed by atoms with E-state index in [4.69, 9.17) is 5.41 Å². The number of likely N-dealkylation sites (tertiary alicyclic amines) is 1. The van der Waals surface area contributed by atoms with Crippen molar-refractivity contribution in [2.45, 2.75) is 26.3 Å². The van der Waals surface area contributed by atoms with E-state index in [1.165, 1.54) is 6.20 Å². The van der Waals surface area contributed by atoms with Gasteiger partial charge in [-0.1, -0.05) is 12.1 Å². The Labute approximate surface area is 168 Å². The normalized spacial score (nSPS) is 18.9. The van der Waals surface area contributed by atoms with Gasteiger partial charge in [-0.05, 0) is 38.5 Å². The first-order valence-electron chi connectivity index (χ1n) is 9.22. The maximum absolute atomic E-state index is 13.4. The van der Waals surface area contributed by atoms with E-state index in [-0.39, 0.29) is 42.4 Å². The van der Waals surface area contributed by atoms with Gasteiger partial charge in [0.25, 0.3) is 17.7 Å². The maximum Gasteiger partial charge on any atom is 0.261 e. The number of carbonyl (C=O) groups excluding carboxylic acids is 3. The highest BCUT2D eigenvalue weighted by molar-refractivity contribution is 6.26. The third-order valence-electron chi connectivity index (χ3n) is 4.90. The third kappa shape index (κ3) is 3.83. The number of carbonyl (C=O) groups is 3. The van der Waals surface area contributed by atoms with Crippen molar-refractivity contribution < 1.29 is 18.8 Å². The van der Waals surface area contributed by atoms with Gasteiger partial charge in [0, 0.05) is 18.3 Å². The Hall–Kier alpha value is -3.29. The molecule has 0 unspecified atom stereocenters. The fraction of sp³-hybridized carbons (Fsp3) is 0.333. The molecular formula is C21H23FN4O3. The average molecular weight is 398 g/mol. The predicted molar refractivity (Wildman–Crippen MR) is 106 cm³/mol. The SMILES string of the molecule is CC(C)(C)N1CC(=N)/C(=C\NC/C(=C/F)CN2C(=O)c3ccccc3C2=O)C1=O. The van der Waals surface area contributed by atoms with Crippen LogP contribution in [-0.2, 0) is 4.79 Å². The highest BCUT2D eigenvalue weighted by atomic mass is 19.1. The van der Waals surface area contributed by atoms with Gasteiger partial charge >= 0.3 is 0 Å². The Morgan fingerprint density at radius 2 is 1.72 bits per heavy atom. The number of rotatable bonds is 5. The average Bonchev–Trinajstić information content (AvgIpc) is 3.09. The minimum absolute atomic E-state index is 0.0104. The van der Waals surface area contributed by atoms with Gasteiger partial charge < -0.3 is 15.6 Å². The van der Waals surface area contributed by atoms with E-state index in [0.717, 1.165) is 4.90 Å². The number of benzene rings is 1. The van der Waals surface area contributed by atoms with Crippen LogP contribution in [0.25, 0.3) is 0 Å². The summed E-state index contributed by atoms with van der Waals surface area (Å²) in [7, 11) is 0. The molecule has 0 aliphatic carbocycles. The molecule has 152 valence electrons. The molecule has 2 heterocycles. The minimum Gasteiger partial charge on any atom is -0.386 e. The fourth-order valence-electron chi connectivity index (χ4n) is 3.28. The van der Waals surface area contributed by atoms with Crippen molar-refractivity contribution in [3.8, 4) is 0 Å². The van der Waals surface area contributed by atoms with Crippen LogP contribution in [0.1, 0.15) is 41.5 Å². The molecule has 3 rings (SSSR count). The monoisotopic (exact) mass is 398 g/mol. The van der Waals surface area contributed by atoms with E-state index in [1.54, 1.807) is 29.2 Å². The zero-order valence-electron chi connectivity index (χ0n) is 16.6. The van der Waals surface area contributed by atoms with Crippen molar-refractivity contribution in [3.05, 3.63) is 59.1 Å². The van der Waals surface area contributed by atoms with Crippen LogP contribution in [0.5, 0.6) is 0 Å². The highest BCUT2D eigenvalue weighted by Gasteiger charge is 2.37. The van der Waals surface area contributed by atoms with Crippen molar-refractivity contribution in [1.29, 1.82) is 5.41 Å². The van der Waals surface area contributed by atoms with Gasteiger partial charge in [0.15, 0.2) is 0 Å². The van der Waals surface area contributed by atoms with Crippen molar-refractivity contribution in [1.82, 2.24) is 15.1 Å². The van der Waals surface area contributed by atoms with Crippen LogP contribution < -0.4 is 5.32 Å². The molecule has 3 amide bonds. The molecule has 2 aliphatic heterocycles. The largest absolute Gasteiger partial charge is 0.386 e. The topological polar surface area (TPSA) is 93.6 Å². The lowest BCUT2D eigenvalue weighted by atomic mass is 10.1. The number of fused-ring (bicyclic) bond motifs is 1. The van der Waals surface area contributed by atoms with Crippen molar-refractivity contribution in [2.75, 3.05) is 19.6 Å². The van der Waals surface area contributed by atoms with E-state index in [1.807, 2.05) is 20.8 Å². The lowest BCUT2D eigenvalue weighted by Gasteiger charge is -2.30. The number of hydrogen-bond acceptors (Lipinski definition) is 5. The van der Waals surface area contributed by atoms with Gasteiger partial charge in [-0.2, -0.15) is 0 Å². The van der Waals surface area contributed by atoms with Crippen LogP contribution in [0.2, 0.25) is 0 Å². The van der Waals surface area contributed by atoms with Gasteiger partial charge in [0.1, 0.15) is 0 Å². The molecule has 0 radical (unpaired) electrons. The first-order chi connectivity index (χ1) is 13.6. The number of imide groups is 1. The summed E-state index contributed by atoms with van der Waals surface area (Å²) in [6.45, 7) is 5.68. The Balaban J connectivity index is 1.65. The molecule has 1 fully saturated rings. The summed E-state index contributed by atoms with van der Waals surface area (Å²) in [4.78, 5) is 39.9. The molecular weight excluding hydrogens is 375 g/mol. The van der Waals surface area contributed by atoms with Crippen LogP contribution in [-0.4, -0.2) is 58.4 Å². The molecule has 0 spiro atoms. The summed E-state index contributed by atoms with van der Waals surface area (Å²) in [6, 6.07) is 6.47. The zero-order valence-corrected chi connectivity index (χ0v) is 16.6. The highest BCUT2D eigenvalue weighted by Crippen LogP contribution is 2.24. The lowest BCUT2D eigenvalue weighted by molar-refractivity contribution is -0.128. The van der Waals surface area contributed by atoms with E-state index in [2.05, 4.69) is 5.32 Å². The van der Waals surface area contributed by atoms with Gasteiger partial charge in [-0.25, -0.2) is 4.39 Å². The maximum atomic E-state index is 13.4. The molecule has 7 nitrogen and oxygen atoms in total. The van der Waals surface area contributed by atoms with Gasteiger partial charge in [0.05, 0.1) is 41.8 Å². The van der Waals surface area contributed by atoms with Crippen LogP contribution in [0, 0.1) is 5.41 Å². The van der Waals surface area contributed by atoms with Crippen molar-refractivity contribution in [2.24, 2.45) is 0 Å². The van der Waals surface area contributed by atoms with E-state index in [9.17, 15) is 18.8 Å². The molecule has 0 atom stereocenters. The number of hydrogen-bond donors (Lipinski definition) is 2. The van der Waals surface area contributed by atoms with Crippen molar-refractivity contribution in [3.63, 3.8) is 0 Å². The Morgan fingerprint density at radius 3 is 2.21 bits per heavy atom. The molecule has 0 saturated carbocycles. The first kappa shape index (κ1) is 20.4. The fourth-order valence-corrected chi connectivity index (χ4v) is 3.28. The molecule has 0 aromatic heterocycles. The number of nitrogens with one attached hydrogen (secondary N) is 2. The molecule has 1 aromatic carbocycles. The summed E-state index contributed by atoms with van der Waals surface area (Å²) in [5.74, 6) is -1.19. The summed E-state index contributed by atoms with van der Waals surface area (Å²) in [5.41, 5.74) is 0.772. The van der Waals surface area contributed by atoms with Crippen LogP contribution in [0.4, 0.5) is 4.39 Å². The van der Waals surface area contributed by atoms with Gasteiger partial charge in [0.2, 0.25) is 0 Å². The summed E-state index contributed by atoms with van der Waals surface area (Å²) < 4.78 is 13.4. The van der Waals surface area contributed by atoms with Crippen LogP contribution >= 0.6 is 0 Å². The Kier molecular flexibility index (Phi) is 5.37. The molecule has 2 N–H and O–H groups in total. The van der Waals surface area contributed by atoms with Crippen LogP contribution in [0.3, 0.4) is 0 Å². The smallest absolute Gasteiger partial charge is 0.261 e. The van der Waals surface area contributed by atoms with E-state index < -0.39 is 17.4 Å². The summed E-state index contributed by atoms with van der Waals surface area (Å²) in [6.07, 6.45) is 1.74. The van der Waals surface area contributed by atoms with Crippen molar-refractivity contribution >= 4 is 23.4 Å². The van der Waals surface area contributed by atoms with Gasteiger partial charge in [-0.15, -0.1) is 0 Å². The minimum atomic E-state index is -0.461. The second-order valence-electron chi connectivity index (χ2n) is 7.99. The lowest BCUT2D eigenvalue weighted by Crippen LogP contribution is -2.42. The predicted octanol–water partition coefficient (Wildman–Crippen LogP) is 2.27. The number of nitrogens with zero attached hydrogens (tertiary/aromatic N) is 2. The first-order valence-corrected chi connectivity index (χ1v) is 9.22. The van der Waals surface area contributed by atoms with E-state index in [0.29, 0.717) is 17.5 Å². The van der Waals surface area contributed by atoms with Gasteiger partial charge in [-0.3, -0.25) is 19.3 Å². The quantitative estimate of drug-likeness (QED) is 0.588. The molecule has 0 bridgehead atoms. The molecule has 1 saturated heterocycles. The molecule has 1 aromatic rings. The molecule has 29 heavy (non-hydrogen) atoms. The molecule has 8 heteroatoms. The summed E-state index contributed by atoms with van der Waals surface area (Å²) in [5, 5.41) is 10.9. The number of amides is 3. The Morgan fingerprint density at radius 1 is 1.14 bits per heavy atom. The zero-order chi connectivity index (χ0) is 21.3. The second-order valence-corrected chi connectivity index (χ2v) is 7.99. The third-order valence-corrected chi connectivity index (χ3v) is 4.90.